The van der Waals surface area contributed by atoms with Crippen molar-refractivity contribution in [3.8, 4) is 0 Å². The second-order valence-electron chi connectivity index (χ2n) is 6.33. The molecule has 0 bridgehead atoms. The summed E-state index contributed by atoms with van der Waals surface area (Å²) >= 11 is 0. The first-order valence-electron chi connectivity index (χ1n) is 8.09. The van der Waals surface area contributed by atoms with E-state index in [0.717, 1.165) is 6.54 Å². The fraction of sp³-hybridized carbons (Fsp3) is 0.750. The number of rotatable bonds is 5. The van der Waals surface area contributed by atoms with Gasteiger partial charge in [-0.1, -0.05) is 26.7 Å². The zero-order chi connectivity index (χ0) is 15.2. The number of aromatic nitrogens is 2. The molecule has 5 heteroatoms. The van der Waals surface area contributed by atoms with Crippen LogP contribution in [0, 0.1) is 5.92 Å². The van der Waals surface area contributed by atoms with Crippen molar-refractivity contribution in [3.05, 3.63) is 22.7 Å². The summed E-state index contributed by atoms with van der Waals surface area (Å²) in [6.07, 6.45) is 8.61. The molecule has 1 aromatic rings. The van der Waals surface area contributed by atoms with Gasteiger partial charge in [-0.3, -0.25) is 9.69 Å². The summed E-state index contributed by atoms with van der Waals surface area (Å²) in [6, 6.07) is 0.454. The number of nitrogens with zero attached hydrogens (tertiary/aromatic N) is 3. The third kappa shape index (κ3) is 4.30. The van der Waals surface area contributed by atoms with E-state index in [2.05, 4.69) is 29.0 Å². The normalized spacial score (nSPS) is 18.5. The maximum absolute atomic E-state index is 12.0. The van der Waals surface area contributed by atoms with Gasteiger partial charge in [0.25, 0.3) is 5.56 Å². The van der Waals surface area contributed by atoms with E-state index < -0.39 is 0 Å². The Morgan fingerprint density at radius 2 is 1.90 bits per heavy atom. The number of anilines is 1. The first-order valence-corrected chi connectivity index (χ1v) is 8.09. The van der Waals surface area contributed by atoms with E-state index in [1.165, 1.54) is 38.8 Å². The van der Waals surface area contributed by atoms with Crippen molar-refractivity contribution in [1.29, 1.82) is 0 Å². The Labute approximate surface area is 127 Å². The molecule has 0 radical (unpaired) electrons. The van der Waals surface area contributed by atoms with Crippen LogP contribution in [0.5, 0.6) is 0 Å². The summed E-state index contributed by atoms with van der Waals surface area (Å²) < 4.78 is 1.56. The maximum atomic E-state index is 12.0. The van der Waals surface area contributed by atoms with E-state index in [1.807, 2.05) is 0 Å². The van der Waals surface area contributed by atoms with Crippen LogP contribution in [-0.2, 0) is 7.05 Å². The van der Waals surface area contributed by atoms with Crippen LogP contribution in [0.3, 0.4) is 0 Å². The Kier molecular flexibility index (Phi) is 5.79. The molecule has 0 aromatic carbocycles. The molecular weight excluding hydrogens is 264 g/mol. The van der Waals surface area contributed by atoms with Crippen LogP contribution in [0.4, 0.5) is 5.82 Å². The van der Waals surface area contributed by atoms with Crippen molar-refractivity contribution in [1.82, 2.24) is 14.5 Å². The lowest BCUT2D eigenvalue weighted by Gasteiger charge is -2.33. The largest absolute Gasteiger partial charge is 0.364 e. The van der Waals surface area contributed by atoms with Crippen LogP contribution in [0.15, 0.2) is 17.2 Å². The van der Waals surface area contributed by atoms with Crippen LogP contribution in [0.2, 0.25) is 0 Å². The minimum Gasteiger partial charge on any atom is -0.364 e. The average Bonchev–Trinajstić information content (AvgIpc) is 2.72. The summed E-state index contributed by atoms with van der Waals surface area (Å²) in [4.78, 5) is 18.8. The van der Waals surface area contributed by atoms with E-state index in [-0.39, 0.29) is 5.56 Å². The second-order valence-corrected chi connectivity index (χ2v) is 6.33. The highest BCUT2D eigenvalue weighted by molar-refractivity contribution is 5.30. The van der Waals surface area contributed by atoms with Crippen molar-refractivity contribution in [2.24, 2.45) is 13.0 Å². The molecule has 2 rings (SSSR count). The minimum atomic E-state index is -0.0594. The van der Waals surface area contributed by atoms with E-state index >= 15 is 0 Å². The number of hydrogen-bond donors (Lipinski definition) is 1. The van der Waals surface area contributed by atoms with Gasteiger partial charge in [-0.25, -0.2) is 4.98 Å². The van der Waals surface area contributed by atoms with Gasteiger partial charge in [0, 0.05) is 32.0 Å². The van der Waals surface area contributed by atoms with Crippen molar-refractivity contribution < 1.29 is 0 Å². The SMILES string of the molecule is CC(C)[C@@H](CNc1nccn(C)c1=O)N1CCCCCC1. The van der Waals surface area contributed by atoms with Crippen molar-refractivity contribution >= 4 is 5.82 Å². The molecule has 2 heterocycles. The summed E-state index contributed by atoms with van der Waals surface area (Å²) in [5, 5.41) is 3.27. The maximum Gasteiger partial charge on any atom is 0.293 e. The number of aryl methyl sites for hydroxylation is 1. The average molecular weight is 292 g/mol. The lowest BCUT2D eigenvalue weighted by molar-refractivity contribution is 0.169. The first kappa shape index (κ1) is 16.0. The predicted molar refractivity (Wildman–Crippen MR) is 86.6 cm³/mol. The van der Waals surface area contributed by atoms with Gasteiger partial charge in [0.15, 0.2) is 5.82 Å². The summed E-state index contributed by atoms with van der Waals surface area (Å²) in [7, 11) is 1.75. The van der Waals surface area contributed by atoms with Crippen LogP contribution in [0.25, 0.3) is 0 Å². The van der Waals surface area contributed by atoms with Gasteiger partial charge in [0.1, 0.15) is 0 Å². The van der Waals surface area contributed by atoms with Gasteiger partial charge >= 0.3 is 0 Å². The van der Waals surface area contributed by atoms with Gasteiger partial charge in [0.05, 0.1) is 0 Å². The fourth-order valence-electron chi connectivity index (χ4n) is 3.03. The van der Waals surface area contributed by atoms with E-state index in [9.17, 15) is 4.79 Å². The molecule has 0 spiro atoms. The summed E-state index contributed by atoms with van der Waals surface area (Å²) in [5.41, 5.74) is -0.0594. The van der Waals surface area contributed by atoms with Gasteiger partial charge in [-0.2, -0.15) is 0 Å². The lowest BCUT2D eigenvalue weighted by Crippen LogP contribution is -2.44. The molecule has 5 nitrogen and oxygen atoms in total. The first-order chi connectivity index (χ1) is 10.1. The molecule has 0 aliphatic carbocycles. The molecule has 0 saturated carbocycles. The molecule has 1 fully saturated rings. The zero-order valence-corrected chi connectivity index (χ0v) is 13.5. The number of likely N-dealkylation sites (tertiary alicyclic amines) is 1. The summed E-state index contributed by atoms with van der Waals surface area (Å²) in [6.45, 7) is 7.64. The van der Waals surface area contributed by atoms with Gasteiger partial charge in [-0.15, -0.1) is 0 Å². The Balaban J connectivity index is 2.02. The Hall–Kier alpha value is -1.36. The molecule has 1 aromatic heterocycles. The molecule has 1 aliphatic heterocycles. The topological polar surface area (TPSA) is 50.2 Å². The molecule has 0 unspecified atom stereocenters. The Morgan fingerprint density at radius 1 is 1.24 bits per heavy atom. The van der Waals surface area contributed by atoms with Crippen LogP contribution < -0.4 is 10.9 Å². The van der Waals surface area contributed by atoms with Crippen molar-refractivity contribution in [2.75, 3.05) is 25.0 Å². The van der Waals surface area contributed by atoms with Gasteiger partial charge < -0.3 is 9.88 Å². The zero-order valence-electron chi connectivity index (χ0n) is 13.5. The Morgan fingerprint density at radius 3 is 2.52 bits per heavy atom. The molecular formula is C16H28N4O. The van der Waals surface area contributed by atoms with E-state index in [0.29, 0.717) is 17.8 Å². The lowest BCUT2D eigenvalue weighted by atomic mass is 10.0. The van der Waals surface area contributed by atoms with E-state index in [1.54, 1.807) is 24.0 Å². The highest BCUT2D eigenvalue weighted by Crippen LogP contribution is 2.17. The monoisotopic (exact) mass is 292 g/mol. The van der Waals surface area contributed by atoms with Crippen molar-refractivity contribution in [2.45, 2.75) is 45.6 Å². The third-order valence-corrected chi connectivity index (χ3v) is 4.37. The molecule has 1 aliphatic rings. The molecule has 118 valence electrons. The molecule has 1 saturated heterocycles. The Bertz CT molecular complexity index is 489. The molecule has 0 amide bonds. The highest BCUT2D eigenvalue weighted by atomic mass is 16.1. The molecule has 1 atom stereocenters. The van der Waals surface area contributed by atoms with Gasteiger partial charge in [0.2, 0.25) is 0 Å². The van der Waals surface area contributed by atoms with Crippen LogP contribution >= 0.6 is 0 Å². The highest BCUT2D eigenvalue weighted by Gasteiger charge is 2.22. The quantitative estimate of drug-likeness (QED) is 0.903. The van der Waals surface area contributed by atoms with Gasteiger partial charge in [-0.05, 0) is 31.8 Å². The van der Waals surface area contributed by atoms with Crippen LogP contribution in [-0.4, -0.2) is 40.1 Å². The fourth-order valence-corrected chi connectivity index (χ4v) is 3.03. The predicted octanol–water partition coefficient (Wildman–Crippen LogP) is 2.09. The number of hydrogen-bond acceptors (Lipinski definition) is 4. The van der Waals surface area contributed by atoms with E-state index in [4.69, 9.17) is 0 Å². The summed E-state index contributed by atoms with van der Waals surface area (Å²) in [5.74, 6) is 1.02. The minimum absolute atomic E-state index is 0.0594. The van der Waals surface area contributed by atoms with Crippen LogP contribution in [0.1, 0.15) is 39.5 Å². The standard InChI is InChI=1S/C16H28N4O/c1-13(2)14(20-9-6-4-5-7-10-20)12-18-15-16(21)19(3)11-8-17-15/h8,11,13-14H,4-7,9-10,12H2,1-3H3,(H,17,18)/t14-/m1/s1. The number of nitrogens with one attached hydrogen (secondary N) is 1. The second kappa shape index (κ2) is 7.59. The van der Waals surface area contributed by atoms with Crippen molar-refractivity contribution in [3.63, 3.8) is 0 Å². The smallest absolute Gasteiger partial charge is 0.293 e. The third-order valence-electron chi connectivity index (χ3n) is 4.37. The molecule has 21 heavy (non-hydrogen) atoms. The molecule has 1 N–H and O–H groups in total.